The predicted octanol–water partition coefficient (Wildman–Crippen LogP) is 6.48. The Morgan fingerprint density at radius 2 is 1.21 bits per heavy atom. The molecular weight excluding hydrogens is 414 g/mol. The van der Waals surface area contributed by atoms with Crippen LogP contribution in [0.2, 0.25) is 0 Å². The fourth-order valence-corrected chi connectivity index (χ4v) is 3.02. The highest BCUT2D eigenvalue weighted by atomic mass is 19.1. The van der Waals surface area contributed by atoms with E-state index in [2.05, 4.69) is 83.1 Å². The predicted molar refractivity (Wildman–Crippen MR) is 132 cm³/mol. The Bertz CT molecular complexity index is 1120. The topological polar surface area (TPSA) is 20.2 Å². The molecule has 0 aliphatic rings. The number of benzene rings is 2. The molecule has 3 heteroatoms. The van der Waals surface area contributed by atoms with Crippen molar-refractivity contribution in [3.63, 3.8) is 0 Å². The largest absolute Gasteiger partial charge is 0.396 e. The zero-order valence-corrected chi connectivity index (χ0v) is 20.4. The molecule has 2 aromatic rings. The van der Waals surface area contributed by atoms with Gasteiger partial charge in [0.1, 0.15) is 11.6 Å². The molecule has 0 saturated carbocycles. The smallest absolute Gasteiger partial charge is 0.143 e. The lowest BCUT2D eigenvalue weighted by atomic mass is 9.79. The van der Waals surface area contributed by atoms with Crippen LogP contribution in [0.4, 0.5) is 8.78 Å². The standard InChI is InChI=1S/C30H32F2O/c1-29(2,3)24-17-22(18-25(21-24)30(4,5)6)14-10-11-15-26-27(31)19-23(20-28(26)32)13-9-7-8-12-16-33/h17-21,33H,7-8,12,16H2,1-6H3. The minimum Gasteiger partial charge on any atom is -0.396 e. The molecule has 0 unspecified atom stereocenters. The van der Waals surface area contributed by atoms with Gasteiger partial charge in [0, 0.05) is 24.2 Å². The molecule has 1 nitrogen and oxygen atoms in total. The van der Waals surface area contributed by atoms with Gasteiger partial charge in [0.05, 0.1) is 5.56 Å². The van der Waals surface area contributed by atoms with E-state index in [0.717, 1.165) is 12.0 Å². The van der Waals surface area contributed by atoms with E-state index in [1.807, 2.05) is 12.1 Å². The fourth-order valence-electron chi connectivity index (χ4n) is 3.02. The zero-order chi connectivity index (χ0) is 24.6. The number of aliphatic hydroxyl groups excluding tert-OH is 1. The number of unbranched alkanes of at least 4 members (excludes halogenated alkanes) is 2. The van der Waals surface area contributed by atoms with Crippen molar-refractivity contribution < 1.29 is 13.9 Å². The van der Waals surface area contributed by atoms with Crippen molar-refractivity contribution in [3.05, 3.63) is 69.8 Å². The normalized spacial score (nSPS) is 10.9. The number of hydrogen-bond donors (Lipinski definition) is 1. The van der Waals surface area contributed by atoms with Crippen LogP contribution in [0.15, 0.2) is 30.3 Å². The van der Waals surface area contributed by atoms with Crippen LogP contribution < -0.4 is 0 Å². The molecule has 0 amide bonds. The van der Waals surface area contributed by atoms with Crippen molar-refractivity contribution in [1.82, 2.24) is 0 Å². The second-order valence-electron chi connectivity index (χ2n) is 10.1. The van der Waals surface area contributed by atoms with E-state index in [0.29, 0.717) is 12.8 Å². The summed E-state index contributed by atoms with van der Waals surface area (Å²) in [6.07, 6.45) is 1.96. The first-order valence-electron chi connectivity index (χ1n) is 11.2. The van der Waals surface area contributed by atoms with E-state index in [-0.39, 0.29) is 28.6 Å². The Hall–Kier alpha value is -3.06. The highest BCUT2D eigenvalue weighted by molar-refractivity contribution is 5.50. The quantitative estimate of drug-likeness (QED) is 0.423. The van der Waals surface area contributed by atoms with E-state index >= 15 is 0 Å². The average molecular weight is 447 g/mol. The van der Waals surface area contributed by atoms with E-state index < -0.39 is 11.6 Å². The molecule has 0 aromatic heterocycles. The highest BCUT2D eigenvalue weighted by Crippen LogP contribution is 2.30. The first kappa shape index (κ1) is 26.2. The molecule has 2 rings (SSSR count). The molecule has 0 bridgehead atoms. The minimum atomic E-state index is -0.756. The lowest BCUT2D eigenvalue weighted by molar-refractivity contribution is 0.285. The Kier molecular flexibility index (Phi) is 8.88. The van der Waals surface area contributed by atoms with Crippen molar-refractivity contribution in [3.8, 4) is 35.5 Å². The summed E-state index contributed by atoms with van der Waals surface area (Å²) in [5.74, 6) is 14.9. The summed E-state index contributed by atoms with van der Waals surface area (Å²) >= 11 is 0. The number of rotatable bonds is 3. The summed E-state index contributed by atoms with van der Waals surface area (Å²) in [7, 11) is 0. The monoisotopic (exact) mass is 446 g/mol. The van der Waals surface area contributed by atoms with E-state index in [1.165, 1.54) is 23.3 Å². The molecule has 172 valence electrons. The fraction of sp³-hybridized carbons (Fsp3) is 0.400. The Morgan fingerprint density at radius 1 is 0.697 bits per heavy atom. The van der Waals surface area contributed by atoms with Crippen LogP contribution in [0, 0.1) is 47.2 Å². The van der Waals surface area contributed by atoms with Crippen LogP contribution in [-0.4, -0.2) is 11.7 Å². The molecule has 0 saturated heterocycles. The second kappa shape index (κ2) is 11.2. The van der Waals surface area contributed by atoms with E-state index in [9.17, 15) is 8.78 Å². The van der Waals surface area contributed by atoms with Gasteiger partial charge < -0.3 is 5.11 Å². The van der Waals surface area contributed by atoms with Crippen molar-refractivity contribution in [2.45, 2.75) is 71.6 Å². The van der Waals surface area contributed by atoms with E-state index in [4.69, 9.17) is 5.11 Å². The maximum Gasteiger partial charge on any atom is 0.143 e. The molecular formula is C30H32F2O. The first-order chi connectivity index (χ1) is 15.4. The average Bonchev–Trinajstić information content (AvgIpc) is 2.71. The maximum atomic E-state index is 14.4. The van der Waals surface area contributed by atoms with Crippen LogP contribution >= 0.6 is 0 Å². The SMILES string of the molecule is CC(C)(C)c1cc(C#CC#Cc2c(F)cc(C#CCCCCO)cc2F)cc(C(C)(C)C)c1. The van der Waals surface area contributed by atoms with Gasteiger partial charge in [-0.15, -0.1) is 0 Å². The molecule has 0 fully saturated rings. The Morgan fingerprint density at radius 3 is 1.73 bits per heavy atom. The summed E-state index contributed by atoms with van der Waals surface area (Å²) in [6.45, 7) is 13.0. The van der Waals surface area contributed by atoms with Gasteiger partial charge in [-0.05, 0) is 76.8 Å². The van der Waals surface area contributed by atoms with Gasteiger partial charge in [-0.2, -0.15) is 0 Å². The van der Waals surface area contributed by atoms with Gasteiger partial charge >= 0.3 is 0 Å². The van der Waals surface area contributed by atoms with E-state index in [1.54, 1.807) is 0 Å². The molecule has 0 aliphatic carbocycles. The summed E-state index contributed by atoms with van der Waals surface area (Å²) in [4.78, 5) is 0. The molecule has 2 aromatic carbocycles. The number of halogens is 2. The van der Waals surface area contributed by atoms with Gasteiger partial charge in [0.2, 0.25) is 0 Å². The molecule has 1 N–H and O–H groups in total. The van der Waals surface area contributed by atoms with Crippen molar-refractivity contribution in [2.75, 3.05) is 6.61 Å². The highest BCUT2D eigenvalue weighted by Gasteiger charge is 2.20. The molecule has 0 atom stereocenters. The summed E-state index contributed by atoms with van der Waals surface area (Å²) in [5.41, 5.74) is 3.08. The molecule has 0 spiro atoms. The van der Waals surface area contributed by atoms with Crippen LogP contribution in [0.1, 0.15) is 88.6 Å². The third-order valence-corrected chi connectivity index (χ3v) is 5.11. The molecule has 0 aliphatic heterocycles. The first-order valence-corrected chi connectivity index (χ1v) is 11.2. The maximum absolute atomic E-state index is 14.4. The Balaban J connectivity index is 2.29. The number of aliphatic hydroxyl groups is 1. The van der Waals surface area contributed by atoms with Crippen molar-refractivity contribution in [2.24, 2.45) is 0 Å². The zero-order valence-electron chi connectivity index (χ0n) is 20.4. The van der Waals surface area contributed by atoms with Gasteiger partial charge in [-0.1, -0.05) is 65.4 Å². The minimum absolute atomic E-state index is 0.0287. The Labute approximate surface area is 197 Å². The lowest BCUT2D eigenvalue weighted by Crippen LogP contribution is -2.16. The van der Waals surface area contributed by atoms with Crippen molar-refractivity contribution >= 4 is 0 Å². The molecule has 0 heterocycles. The summed E-state index contributed by atoms with van der Waals surface area (Å²) < 4.78 is 28.7. The third kappa shape index (κ3) is 8.09. The van der Waals surface area contributed by atoms with Crippen LogP contribution in [0.25, 0.3) is 0 Å². The third-order valence-electron chi connectivity index (χ3n) is 5.11. The van der Waals surface area contributed by atoms with Gasteiger partial charge in [-0.3, -0.25) is 0 Å². The van der Waals surface area contributed by atoms with Crippen molar-refractivity contribution in [1.29, 1.82) is 0 Å². The van der Waals surface area contributed by atoms with Crippen LogP contribution in [0.5, 0.6) is 0 Å². The second-order valence-corrected chi connectivity index (χ2v) is 10.1. The lowest BCUT2D eigenvalue weighted by Gasteiger charge is -2.25. The van der Waals surface area contributed by atoms with Gasteiger partial charge in [-0.25, -0.2) is 8.78 Å². The molecule has 0 radical (unpaired) electrons. The number of hydrogen-bond acceptors (Lipinski definition) is 1. The van der Waals surface area contributed by atoms with Crippen LogP contribution in [-0.2, 0) is 10.8 Å². The summed E-state index contributed by atoms with van der Waals surface area (Å²) in [5, 5.41) is 8.76. The van der Waals surface area contributed by atoms with Gasteiger partial charge in [0.25, 0.3) is 0 Å². The van der Waals surface area contributed by atoms with Crippen LogP contribution in [0.3, 0.4) is 0 Å². The van der Waals surface area contributed by atoms with Gasteiger partial charge in [0.15, 0.2) is 0 Å². The summed E-state index contributed by atoms with van der Waals surface area (Å²) in [6, 6.07) is 8.65. The molecule has 33 heavy (non-hydrogen) atoms.